The van der Waals surface area contributed by atoms with Gasteiger partial charge in [-0.3, -0.25) is 14.8 Å². The Morgan fingerprint density at radius 1 is 1.21 bits per heavy atom. The minimum atomic E-state index is -0.351. The summed E-state index contributed by atoms with van der Waals surface area (Å²) in [5.41, 5.74) is 1.15. The number of nitrogens with zero attached hydrogens (tertiary/aromatic N) is 3. The van der Waals surface area contributed by atoms with E-state index in [-0.39, 0.29) is 11.7 Å². The van der Waals surface area contributed by atoms with Gasteiger partial charge in [-0.1, -0.05) is 6.07 Å². The molecule has 4 fully saturated rings. The van der Waals surface area contributed by atoms with Crippen LogP contribution in [0.5, 0.6) is 0 Å². The first-order chi connectivity index (χ1) is 11.7. The summed E-state index contributed by atoms with van der Waals surface area (Å²) in [5.74, 6) is 1.13. The predicted molar refractivity (Wildman–Crippen MR) is 87.7 cm³/mol. The first kappa shape index (κ1) is 14.0. The largest absolute Gasteiger partial charge is 0.460 e. The first-order valence-corrected chi connectivity index (χ1v) is 8.46. The van der Waals surface area contributed by atoms with Gasteiger partial charge in [0.2, 0.25) is 0 Å². The Morgan fingerprint density at radius 2 is 2.08 bits per heavy atom. The maximum absolute atomic E-state index is 12.5. The van der Waals surface area contributed by atoms with Crippen LogP contribution in [0.15, 0.2) is 41.1 Å². The molecule has 4 aliphatic heterocycles. The minimum Gasteiger partial charge on any atom is -0.460 e. The molecule has 4 aliphatic rings. The average molecular weight is 325 g/mol. The Hall–Kier alpha value is -2.34. The van der Waals surface area contributed by atoms with E-state index in [9.17, 15) is 4.79 Å². The summed E-state index contributed by atoms with van der Waals surface area (Å²) >= 11 is 0. The van der Waals surface area contributed by atoms with Crippen molar-refractivity contribution in [3.05, 3.63) is 36.7 Å². The first-order valence-electron chi connectivity index (χ1n) is 8.46. The number of piperidine rings is 3. The maximum atomic E-state index is 12.5. The van der Waals surface area contributed by atoms with E-state index in [2.05, 4.69) is 9.88 Å². The van der Waals surface area contributed by atoms with Crippen molar-refractivity contribution in [1.82, 2.24) is 9.88 Å². The van der Waals surface area contributed by atoms with Gasteiger partial charge in [-0.25, -0.2) is 4.79 Å². The molecule has 6 rings (SSSR count). The van der Waals surface area contributed by atoms with E-state index >= 15 is 0 Å². The van der Waals surface area contributed by atoms with Gasteiger partial charge in [-0.2, -0.15) is 0 Å². The van der Waals surface area contributed by atoms with Gasteiger partial charge in [0.05, 0.1) is 12.2 Å². The molecule has 0 radical (unpaired) electrons. The number of rotatable bonds is 2. The van der Waals surface area contributed by atoms with Crippen molar-refractivity contribution >= 4 is 11.8 Å². The molecular weight excluding hydrogens is 306 g/mol. The van der Waals surface area contributed by atoms with Gasteiger partial charge >= 0.3 is 6.09 Å². The third-order valence-electron chi connectivity index (χ3n) is 5.57. The van der Waals surface area contributed by atoms with Crippen LogP contribution in [0.25, 0.3) is 11.5 Å². The molecule has 6 heteroatoms. The summed E-state index contributed by atoms with van der Waals surface area (Å²) in [4.78, 5) is 20.9. The molecule has 4 saturated heterocycles. The van der Waals surface area contributed by atoms with E-state index in [0.29, 0.717) is 18.2 Å². The fraction of sp³-hybridized carbons (Fsp3) is 0.444. The molecule has 2 bridgehead atoms. The highest BCUT2D eigenvalue weighted by molar-refractivity contribution is 5.91. The molecule has 24 heavy (non-hydrogen) atoms. The molecule has 124 valence electrons. The van der Waals surface area contributed by atoms with Gasteiger partial charge in [0.25, 0.3) is 0 Å². The van der Waals surface area contributed by atoms with Crippen molar-refractivity contribution in [2.24, 2.45) is 5.92 Å². The highest BCUT2D eigenvalue weighted by atomic mass is 16.6. The second-order valence-electron chi connectivity index (χ2n) is 6.95. The zero-order chi connectivity index (χ0) is 16.1. The Labute approximate surface area is 140 Å². The normalized spacial score (nSPS) is 31.7. The molecule has 2 aromatic rings. The molecule has 1 atom stereocenters. The quantitative estimate of drug-likeness (QED) is 0.850. The Bertz CT molecular complexity index is 767. The number of anilines is 1. The monoisotopic (exact) mass is 325 g/mol. The molecule has 1 amide bonds. The number of fused-ring (bicyclic) bond motifs is 2. The molecule has 0 aliphatic carbocycles. The molecule has 0 unspecified atom stereocenters. The number of amides is 1. The lowest BCUT2D eigenvalue weighted by molar-refractivity contribution is -0.0881. The van der Waals surface area contributed by atoms with E-state index in [0.717, 1.165) is 43.9 Å². The molecule has 2 aromatic heterocycles. The Kier molecular flexibility index (Phi) is 2.97. The molecule has 0 aromatic carbocycles. The third-order valence-corrected chi connectivity index (χ3v) is 5.57. The Morgan fingerprint density at radius 3 is 2.79 bits per heavy atom. The summed E-state index contributed by atoms with van der Waals surface area (Å²) in [5, 5.41) is 0. The van der Waals surface area contributed by atoms with Crippen LogP contribution in [-0.2, 0) is 4.74 Å². The van der Waals surface area contributed by atoms with Crippen LogP contribution >= 0.6 is 0 Å². The zero-order valence-corrected chi connectivity index (χ0v) is 13.4. The van der Waals surface area contributed by atoms with E-state index < -0.39 is 0 Å². The average Bonchev–Trinajstić information content (AvgIpc) is 3.22. The number of carbonyl (C=O) groups is 1. The van der Waals surface area contributed by atoms with E-state index in [1.54, 1.807) is 17.4 Å². The van der Waals surface area contributed by atoms with Crippen LogP contribution in [0.3, 0.4) is 0 Å². The van der Waals surface area contributed by atoms with Gasteiger partial charge in [0.15, 0.2) is 5.76 Å². The van der Waals surface area contributed by atoms with Crippen LogP contribution < -0.4 is 4.90 Å². The van der Waals surface area contributed by atoms with E-state index in [1.165, 1.54) is 0 Å². The van der Waals surface area contributed by atoms with Crippen molar-refractivity contribution in [2.75, 3.05) is 31.1 Å². The van der Waals surface area contributed by atoms with Gasteiger partial charge in [-0.05, 0) is 38.1 Å². The smallest absolute Gasteiger partial charge is 0.415 e. The fourth-order valence-corrected chi connectivity index (χ4v) is 4.32. The predicted octanol–water partition coefficient (Wildman–Crippen LogP) is 2.76. The summed E-state index contributed by atoms with van der Waals surface area (Å²) in [7, 11) is 0. The second-order valence-corrected chi connectivity index (χ2v) is 6.95. The van der Waals surface area contributed by atoms with Crippen LogP contribution in [0, 0.1) is 5.92 Å². The van der Waals surface area contributed by atoms with Gasteiger partial charge in [-0.15, -0.1) is 0 Å². The highest BCUT2D eigenvalue weighted by Gasteiger charge is 2.55. The molecule has 6 nitrogen and oxygen atoms in total. The van der Waals surface area contributed by atoms with Crippen LogP contribution in [-0.4, -0.2) is 47.8 Å². The number of ether oxygens (including phenoxy) is 1. The second kappa shape index (κ2) is 5.08. The van der Waals surface area contributed by atoms with Crippen LogP contribution in [0.2, 0.25) is 0 Å². The van der Waals surface area contributed by atoms with E-state index in [4.69, 9.17) is 9.15 Å². The van der Waals surface area contributed by atoms with E-state index in [1.807, 2.05) is 24.3 Å². The summed E-state index contributed by atoms with van der Waals surface area (Å²) < 4.78 is 11.5. The van der Waals surface area contributed by atoms with Crippen molar-refractivity contribution in [3.63, 3.8) is 0 Å². The number of aromatic nitrogens is 1. The summed E-state index contributed by atoms with van der Waals surface area (Å²) in [6.45, 7) is 3.71. The lowest BCUT2D eigenvalue weighted by Gasteiger charge is -2.49. The topological polar surface area (TPSA) is 58.8 Å². The van der Waals surface area contributed by atoms with Crippen molar-refractivity contribution in [2.45, 2.75) is 18.4 Å². The summed E-state index contributed by atoms with van der Waals surface area (Å²) in [6.07, 6.45) is 5.31. The molecule has 0 N–H and O–H groups in total. The number of hydrogen-bond acceptors (Lipinski definition) is 5. The Balaban J connectivity index is 1.42. The van der Waals surface area contributed by atoms with Gasteiger partial charge in [0.1, 0.15) is 17.6 Å². The third kappa shape index (κ3) is 2.06. The SMILES string of the molecule is O=C1O[C@]2(CN3CCC2CC3)CN1c1coc(-c2ccccn2)c1. The van der Waals surface area contributed by atoms with Crippen LogP contribution in [0.1, 0.15) is 12.8 Å². The standard InChI is InChI=1S/C18H19N3O3/c22-17-21(12-18(24-17)11-20-7-4-13(18)5-8-20)14-9-16(23-10-14)15-3-1-2-6-19-15/h1-3,6,9-10,13H,4-5,7-8,11-12H2/t18-/m1/s1. The highest BCUT2D eigenvalue weighted by Crippen LogP contribution is 2.43. The van der Waals surface area contributed by atoms with Crippen LogP contribution in [0.4, 0.5) is 10.5 Å². The number of hydrogen-bond donors (Lipinski definition) is 0. The zero-order valence-electron chi connectivity index (χ0n) is 13.4. The van der Waals surface area contributed by atoms with Gasteiger partial charge in [0, 0.05) is 24.7 Å². The molecule has 1 spiro atoms. The number of furan rings is 1. The fourth-order valence-electron chi connectivity index (χ4n) is 4.32. The maximum Gasteiger partial charge on any atom is 0.415 e. The lowest BCUT2D eigenvalue weighted by Crippen LogP contribution is -2.61. The molecule has 6 heterocycles. The van der Waals surface area contributed by atoms with Crippen molar-refractivity contribution in [1.29, 1.82) is 0 Å². The lowest BCUT2D eigenvalue weighted by atomic mass is 9.75. The van der Waals surface area contributed by atoms with Gasteiger partial charge < -0.3 is 9.15 Å². The summed E-state index contributed by atoms with van der Waals surface area (Å²) in [6, 6.07) is 7.53. The van der Waals surface area contributed by atoms with Crippen molar-refractivity contribution < 1.29 is 13.9 Å². The number of carbonyl (C=O) groups excluding carboxylic acids is 1. The molecule has 0 saturated carbocycles. The van der Waals surface area contributed by atoms with Crippen molar-refractivity contribution in [3.8, 4) is 11.5 Å². The minimum absolute atomic E-state index is 0.267. The number of pyridine rings is 1. The molecular formula is C18H19N3O3.